The number of halogens is 2. The van der Waals surface area contributed by atoms with Gasteiger partial charge in [-0.25, -0.2) is 0 Å². The Morgan fingerprint density at radius 3 is 2.70 bits per heavy atom. The van der Waals surface area contributed by atoms with Crippen LogP contribution in [0.3, 0.4) is 0 Å². The summed E-state index contributed by atoms with van der Waals surface area (Å²) in [6, 6.07) is 4.77. The molecule has 0 aromatic carbocycles. The summed E-state index contributed by atoms with van der Waals surface area (Å²) in [5.41, 5.74) is 0. The van der Waals surface area contributed by atoms with Crippen LogP contribution in [0, 0.1) is 5.92 Å². The van der Waals surface area contributed by atoms with Crippen molar-refractivity contribution in [3.8, 4) is 0 Å². The zero-order valence-electron chi connectivity index (χ0n) is 13.5. The first-order chi connectivity index (χ1) is 10.6. The van der Waals surface area contributed by atoms with Crippen LogP contribution in [0.25, 0.3) is 0 Å². The molecule has 0 unspecified atom stereocenters. The average Bonchev–Trinajstić information content (AvgIpc) is 2.92. The maximum Gasteiger partial charge on any atom is 0.225 e. The Morgan fingerprint density at radius 2 is 2.09 bits per heavy atom. The van der Waals surface area contributed by atoms with Gasteiger partial charge >= 0.3 is 0 Å². The van der Waals surface area contributed by atoms with Crippen molar-refractivity contribution in [1.29, 1.82) is 0 Å². The van der Waals surface area contributed by atoms with Gasteiger partial charge in [-0.2, -0.15) is 0 Å². The number of hydrogen-bond acceptors (Lipinski definition) is 4. The highest BCUT2D eigenvalue weighted by atomic mass is 79.9. The van der Waals surface area contributed by atoms with E-state index in [-0.39, 0.29) is 18.3 Å². The normalized spacial score (nSPS) is 25.9. The van der Waals surface area contributed by atoms with Crippen molar-refractivity contribution in [3.05, 3.63) is 20.8 Å². The summed E-state index contributed by atoms with van der Waals surface area (Å²) >= 11 is 5.32. The predicted octanol–water partition coefficient (Wildman–Crippen LogP) is 2.96. The van der Waals surface area contributed by atoms with E-state index in [0.717, 1.165) is 52.1 Å². The predicted molar refractivity (Wildman–Crippen MR) is 101 cm³/mol. The van der Waals surface area contributed by atoms with Crippen LogP contribution in [0.4, 0.5) is 0 Å². The number of piperidine rings is 1. The van der Waals surface area contributed by atoms with Crippen LogP contribution in [0.5, 0.6) is 0 Å². The molecule has 2 saturated heterocycles. The second-order valence-electron chi connectivity index (χ2n) is 6.38. The Labute approximate surface area is 157 Å². The van der Waals surface area contributed by atoms with Crippen molar-refractivity contribution in [1.82, 2.24) is 15.1 Å². The third kappa shape index (κ3) is 5.16. The van der Waals surface area contributed by atoms with Gasteiger partial charge in [0.25, 0.3) is 0 Å². The molecule has 2 aliphatic rings. The van der Waals surface area contributed by atoms with Crippen LogP contribution in [0.15, 0.2) is 15.9 Å². The third-order valence-electron chi connectivity index (χ3n) is 4.67. The zero-order chi connectivity index (χ0) is 15.5. The lowest BCUT2D eigenvalue weighted by Crippen LogP contribution is -2.51. The number of nitrogens with one attached hydrogen (secondary N) is 1. The molecule has 1 N–H and O–H groups in total. The second kappa shape index (κ2) is 8.81. The molecular formula is C16H25BrClN3OS. The highest BCUT2D eigenvalue weighted by Crippen LogP contribution is 2.24. The Balaban J connectivity index is 0.00000192. The molecule has 1 amide bonds. The van der Waals surface area contributed by atoms with E-state index >= 15 is 0 Å². The van der Waals surface area contributed by atoms with Crippen molar-refractivity contribution in [2.75, 3.05) is 32.7 Å². The number of hydrogen-bond donors (Lipinski definition) is 1. The molecule has 7 heteroatoms. The molecule has 23 heavy (non-hydrogen) atoms. The van der Waals surface area contributed by atoms with E-state index in [1.54, 1.807) is 11.3 Å². The zero-order valence-corrected chi connectivity index (χ0v) is 16.7. The van der Waals surface area contributed by atoms with Gasteiger partial charge in [0, 0.05) is 49.6 Å². The molecule has 2 aliphatic heterocycles. The number of carbonyl (C=O) groups is 1. The first-order valence-corrected chi connectivity index (χ1v) is 9.71. The topological polar surface area (TPSA) is 35.6 Å². The molecule has 0 radical (unpaired) electrons. The molecule has 3 rings (SSSR count). The van der Waals surface area contributed by atoms with Crippen molar-refractivity contribution in [2.45, 2.75) is 32.4 Å². The van der Waals surface area contributed by atoms with Gasteiger partial charge in [0.05, 0.1) is 3.79 Å². The summed E-state index contributed by atoms with van der Waals surface area (Å²) in [4.78, 5) is 18.6. The first-order valence-electron chi connectivity index (χ1n) is 8.10. The SMILES string of the molecule is C[C@H]1C[C@@H](C(=O)N2CCN(Cc3ccc(Br)s3)CC2)CCN1.Cl. The molecule has 0 spiro atoms. The number of nitrogens with zero attached hydrogens (tertiary/aromatic N) is 2. The number of carbonyl (C=O) groups excluding carboxylic acids is 1. The molecule has 1 aromatic rings. The summed E-state index contributed by atoms with van der Waals surface area (Å²) in [6.45, 7) is 7.89. The van der Waals surface area contributed by atoms with E-state index in [1.165, 1.54) is 8.66 Å². The summed E-state index contributed by atoms with van der Waals surface area (Å²) < 4.78 is 1.19. The van der Waals surface area contributed by atoms with Gasteiger partial charge in [-0.3, -0.25) is 9.69 Å². The Morgan fingerprint density at radius 1 is 1.35 bits per heavy atom. The molecule has 1 aromatic heterocycles. The van der Waals surface area contributed by atoms with Gasteiger partial charge < -0.3 is 10.2 Å². The van der Waals surface area contributed by atoms with Crippen LogP contribution < -0.4 is 5.32 Å². The minimum absolute atomic E-state index is 0. The maximum atomic E-state index is 12.6. The summed E-state index contributed by atoms with van der Waals surface area (Å²) in [5.74, 6) is 0.614. The fourth-order valence-electron chi connectivity index (χ4n) is 3.40. The lowest BCUT2D eigenvalue weighted by molar-refractivity contribution is -0.138. The van der Waals surface area contributed by atoms with Crippen molar-refractivity contribution in [3.63, 3.8) is 0 Å². The fourth-order valence-corrected chi connectivity index (χ4v) is 4.92. The van der Waals surface area contributed by atoms with Crippen molar-refractivity contribution in [2.24, 2.45) is 5.92 Å². The Kier molecular flexibility index (Phi) is 7.35. The van der Waals surface area contributed by atoms with Crippen LogP contribution in [0.2, 0.25) is 0 Å². The van der Waals surface area contributed by atoms with Crippen LogP contribution >= 0.6 is 39.7 Å². The Bertz CT molecular complexity index is 519. The third-order valence-corrected chi connectivity index (χ3v) is 6.27. The van der Waals surface area contributed by atoms with Gasteiger partial charge in [0.1, 0.15) is 0 Å². The molecule has 130 valence electrons. The molecular weight excluding hydrogens is 398 g/mol. The van der Waals surface area contributed by atoms with E-state index < -0.39 is 0 Å². The summed E-state index contributed by atoms with van der Waals surface area (Å²) in [7, 11) is 0. The maximum absolute atomic E-state index is 12.6. The van der Waals surface area contributed by atoms with Gasteiger partial charge in [-0.05, 0) is 54.4 Å². The minimum Gasteiger partial charge on any atom is -0.340 e. The Hall–Kier alpha value is -0.140. The highest BCUT2D eigenvalue weighted by Gasteiger charge is 2.30. The lowest BCUT2D eigenvalue weighted by Gasteiger charge is -2.37. The minimum atomic E-state index is 0. The average molecular weight is 423 g/mol. The molecule has 4 nitrogen and oxygen atoms in total. The number of rotatable bonds is 3. The smallest absolute Gasteiger partial charge is 0.225 e. The van der Waals surface area contributed by atoms with Crippen molar-refractivity contribution >= 4 is 45.6 Å². The number of amides is 1. The van der Waals surface area contributed by atoms with Gasteiger partial charge in [0.2, 0.25) is 5.91 Å². The fraction of sp³-hybridized carbons (Fsp3) is 0.688. The van der Waals surface area contributed by atoms with E-state index in [0.29, 0.717) is 11.9 Å². The summed E-state index contributed by atoms with van der Waals surface area (Å²) in [5, 5.41) is 3.42. The van der Waals surface area contributed by atoms with E-state index in [1.807, 2.05) is 0 Å². The van der Waals surface area contributed by atoms with E-state index in [4.69, 9.17) is 0 Å². The summed E-state index contributed by atoms with van der Waals surface area (Å²) in [6.07, 6.45) is 1.98. The molecule has 0 aliphatic carbocycles. The molecule has 2 atom stereocenters. The molecule has 0 bridgehead atoms. The standard InChI is InChI=1S/C16H24BrN3OS.ClH/c1-12-10-13(4-5-18-12)16(21)20-8-6-19(7-9-20)11-14-2-3-15(17)22-14;/h2-3,12-13,18H,4-11H2,1H3;1H/t12-,13-;/m0./s1. The first kappa shape index (κ1) is 19.2. The van der Waals surface area contributed by atoms with Crippen LogP contribution in [-0.4, -0.2) is 54.5 Å². The molecule has 2 fully saturated rings. The molecule has 0 saturated carbocycles. The van der Waals surface area contributed by atoms with E-state index in [9.17, 15) is 4.79 Å². The van der Waals surface area contributed by atoms with E-state index in [2.05, 4.69) is 50.1 Å². The monoisotopic (exact) mass is 421 g/mol. The van der Waals surface area contributed by atoms with Crippen molar-refractivity contribution < 1.29 is 4.79 Å². The molecule has 3 heterocycles. The lowest BCUT2D eigenvalue weighted by atomic mass is 9.92. The van der Waals surface area contributed by atoms with Gasteiger partial charge in [-0.1, -0.05) is 0 Å². The van der Waals surface area contributed by atoms with Crippen LogP contribution in [-0.2, 0) is 11.3 Å². The number of thiophene rings is 1. The van der Waals surface area contributed by atoms with Crippen LogP contribution in [0.1, 0.15) is 24.6 Å². The highest BCUT2D eigenvalue weighted by molar-refractivity contribution is 9.11. The van der Waals surface area contributed by atoms with Gasteiger partial charge in [0.15, 0.2) is 0 Å². The number of piperazine rings is 1. The second-order valence-corrected chi connectivity index (χ2v) is 8.93. The van der Waals surface area contributed by atoms with Gasteiger partial charge in [-0.15, -0.1) is 23.7 Å². The largest absolute Gasteiger partial charge is 0.340 e. The quantitative estimate of drug-likeness (QED) is 0.813.